The van der Waals surface area contributed by atoms with Gasteiger partial charge in [0.1, 0.15) is 13.7 Å². The SMILES string of the molecule is Cc1cccc(C(=O)NCC(=O)NC2CN([C@H]3CC[C@@](O)(c4cnc([Si](C)(C)C)s4)CC3)C2)c1. The molecule has 0 spiro atoms. The molecule has 1 saturated carbocycles. The van der Waals surface area contributed by atoms with Crippen molar-refractivity contribution in [3.8, 4) is 0 Å². The summed E-state index contributed by atoms with van der Waals surface area (Å²) in [6.07, 6.45) is 5.30. The van der Waals surface area contributed by atoms with Crippen molar-refractivity contribution in [3.63, 3.8) is 0 Å². The van der Waals surface area contributed by atoms with E-state index in [1.807, 2.05) is 31.3 Å². The second-order valence-electron chi connectivity index (χ2n) is 10.8. The lowest BCUT2D eigenvalue weighted by atomic mass is 9.80. The highest BCUT2D eigenvalue weighted by Gasteiger charge is 2.41. The molecule has 34 heavy (non-hydrogen) atoms. The predicted octanol–water partition coefficient (Wildman–Crippen LogP) is 2.36. The number of nitrogens with zero attached hydrogens (tertiary/aromatic N) is 2. The van der Waals surface area contributed by atoms with Crippen molar-refractivity contribution >= 4 is 35.9 Å². The zero-order valence-corrected chi connectivity index (χ0v) is 22.4. The Kier molecular flexibility index (Phi) is 7.28. The molecule has 7 nitrogen and oxygen atoms in total. The highest BCUT2D eigenvalue weighted by Crippen LogP contribution is 2.40. The van der Waals surface area contributed by atoms with Gasteiger partial charge in [-0.1, -0.05) is 37.3 Å². The number of carbonyl (C=O) groups excluding carboxylic acids is 2. The third-order valence-electron chi connectivity index (χ3n) is 6.87. The molecule has 3 N–H and O–H groups in total. The van der Waals surface area contributed by atoms with Gasteiger partial charge < -0.3 is 15.7 Å². The van der Waals surface area contributed by atoms with Crippen molar-refractivity contribution in [3.05, 3.63) is 46.5 Å². The number of hydrogen-bond acceptors (Lipinski definition) is 6. The zero-order valence-electron chi connectivity index (χ0n) is 20.6. The van der Waals surface area contributed by atoms with Gasteiger partial charge in [0.25, 0.3) is 5.91 Å². The van der Waals surface area contributed by atoms with Gasteiger partial charge in [-0.25, -0.2) is 0 Å². The van der Waals surface area contributed by atoms with Crippen LogP contribution >= 0.6 is 11.3 Å². The smallest absolute Gasteiger partial charge is 0.251 e. The summed E-state index contributed by atoms with van der Waals surface area (Å²) in [6.45, 7) is 10.4. The standard InChI is InChI=1S/C25H36N4O3SSi/c1-17-6-5-7-18(12-17)23(31)26-14-22(30)28-19-15-29(16-19)20-8-10-25(32,11-9-20)21-13-27-24(33-21)34(2,3)4/h5-7,12-13,19-20,32H,8-11,14-16H2,1-4H3,(H,26,31)(H,28,30)/t20-,25-. The van der Waals surface area contributed by atoms with Crippen LogP contribution in [0.2, 0.25) is 19.6 Å². The third-order valence-corrected chi connectivity index (χ3v) is 11.4. The van der Waals surface area contributed by atoms with Crippen LogP contribution in [0.4, 0.5) is 0 Å². The number of aryl methyl sites for hydroxylation is 1. The van der Waals surface area contributed by atoms with Gasteiger partial charge in [-0.15, -0.1) is 11.3 Å². The Morgan fingerprint density at radius 1 is 1.24 bits per heavy atom. The van der Waals surface area contributed by atoms with Crippen molar-refractivity contribution in [2.75, 3.05) is 19.6 Å². The van der Waals surface area contributed by atoms with Gasteiger partial charge >= 0.3 is 0 Å². The molecule has 9 heteroatoms. The van der Waals surface area contributed by atoms with E-state index < -0.39 is 13.7 Å². The molecule has 1 aromatic heterocycles. The summed E-state index contributed by atoms with van der Waals surface area (Å²) in [5.41, 5.74) is 0.825. The minimum absolute atomic E-state index is 0.0198. The molecule has 2 heterocycles. The van der Waals surface area contributed by atoms with Crippen LogP contribution < -0.4 is 15.3 Å². The Hall–Kier alpha value is -2.07. The fraction of sp³-hybridized carbons (Fsp3) is 0.560. The monoisotopic (exact) mass is 500 g/mol. The number of amides is 2. The molecule has 0 bridgehead atoms. The third kappa shape index (κ3) is 5.76. The van der Waals surface area contributed by atoms with E-state index in [-0.39, 0.29) is 24.4 Å². The number of rotatable bonds is 7. The Labute approximate surface area is 207 Å². The predicted molar refractivity (Wildman–Crippen MR) is 138 cm³/mol. The molecule has 0 atom stereocenters. The van der Waals surface area contributed by atoms with Crippen LogP contribution in [0, 0.1) is 6.92 Å². The minimum atomic E-state index is -1.46. The molecule has 4 rings (SSSR count). The largest absolute Gasteiger partial charge is 0.384 e. The van der Waals surface area contributed by atoms with Crippen LogP contribution in [0.5, 0.6) is 0 Å². The summed E-state index contributed by atoms with van der Waals surface area (Å²) in [5.74, 6) is -0.395. The number of thiazole rings is 1. The summed E-state index contributed by atoms with van der Waals surface area (Å²) in [4.78, 5) is 32.5. The summed E-state index contributed by atoms with van der Waals surface area (Å²) in [6, 6.07) is 7.88. The molecule has 2 aromatic rings. The number of benzene rings is 1. The molecule has 0 unspecified atom stereocenters. The molecule has 1 saturated heterocycles. The quantitative estimate of drug-likeness (QED) is 0.508. The Balaban J connectivity index is 1.18. The van der Waals surface area contributed by atoms with Gasteiger partial charge in [-0.05, 0) is 44.7 Å². The van der Waals surface area contributed by atoms with Gasteiger partial charge in [0.2, 0.25) is 5.91 Å². The fourth-order valence-corrected chi connectivity index (χ4v) is 7.58. The van der Waals surface area contributed by atoms with Gasteiger partial charge in [-0.3, -0.25) is 19.5 Å². The second-order valence-corrected chi connectivity index (χ2v) is 17.2. The number of aliphatic hydroxyl groups is 1. The van der Waals surface area contributed by atoms with E-state index in [1.54, 1.807) is 17.4 Å². The van der Waals surface area contributed by atoms with E-state index in [9.17, 15) is 14.7 Å². The Morgan fingerprint density at radius 2 is 1.94 bits per heavy atom. The number of aromatic nitrogens is 1. The molecule has 2 amide bonds. The van der Waals surface area contributed by atoms with Crippen LogP contribution in [0.15, 0.2) is 30.5 Å². The van der Waals surface area contributed by atoms with E-state index in [4.69, 9.17) is 0 Å². The van der Waals surface area contributed by atoms with E-state index in [1.165, 1.54) is 4.63 Å². The number of carbonyl (C=O) groups is 2. The van der Waals surface area contributed by atoms with Crippen molar-refractivity contribution in [2.45, 2.75) is 69.9 Å². The highest BCUT2D eigenvalue weighted by molar-refractivity contribution is 7.25. The summed E-state index contributed by atoms with van der Waals surface area (Å²) >= 11 is 1.70. The average molecular weight is 501 g/mol. The van der Waals surface area contributed by atoms with Crippen molar-refractivity contribution in [1.82, 2.24) is 20.5 Å². The lowest BCUT2D eigenvalue weighted by molar-refractivity contribution is -0.122. The van der Waals surface area contributed by atoms with Crippen LogP contribution in [0.3, 0.4) is 0 Å². The first-order valence-corrected chi connectivity index (χ1v) is 16.4. The maximum Gasteiger partial charge on any atom is 0.251 e. The summed E-state index contributed by atoms with van der Waals surface area (Å²) in [5, 5.41) is 17.0. The lowest BCUT2D eigenvalue weighted by Gasteiger charge is -2.48. The first-order valence-electron chi connectivity index (χ1n) is 12.1. The number of hydrogen-bond donors (Lipinski definition) is 3. The van der Waals surface area contributed by atoms with Crippen LogP contribution in [-0.4, -0.2) is 66.6 Å². The van der Waals surface area contributed by atoms with Crippen molar-refractivity contribution < 1.29 is 14.7 Å². The zero-order chi connectivity index (χ0) is 24.5. The summed E-state index contributed by atoms with van der Waals surface area (Å²) in [7, 11) is -1.46. The minimum Gasteiger partial charge on any atom is -0.384 e. The van der Waals surface area contributed by atoms with Crippen LogP contribution in [-0.2, 0) is 10.4 Å². The average Bonchev–Trinajstić information content (AvgIpc) is 3.27. The molecule has 2 aliphatic rings. The normalized spacial score (nSPS) is 23.9. The van der Waals surface area contributed by atoms with E-state index in [0.29, 0.717) is 11.6 Å². The van der Waals surface area contributed by atoms with Gasteiger partial charge in [0.15, 0.2) is 0 Å². The maximum absolute atomic E-state index is 12.3. The number of likely N-dealkylation sites (tertiary alicyclic amines) is 1. The van der Waals surface area contributed by atoms with E-state index >= 15 is 0 Å². The topological polar surface area (TPSA) is 94.6 Å². The lowest BCUT2D eigenvalue weighted by Crippen LogP contribution is -2.63. The van der Waals surface area contributed by atoms with Crippen LogP contribution in [0.1, 0.15) is 46.5 Å². The maximum atomic E-state index is 12.3. The van der Waals surface area contributed by atoms with Crippen molar-refractivity contribution in [2.24, 2.45) is 0 Å². The Bertz CT molecular complexity index is 1040. The van der Waals surface area contributed by atoms with Gasteiger partial charge in [-0.2, -0.15) is 0 Å². The fourth-order valence-electron chi connectivity index (χ4n) is 4.76. The molecule has 1 aliphatic heterocycles. The van der Waals surface area contributed by atoms with E-state index in [0.717, 1.165) is 49.2 Å². The van der Waals surface area contributed by atoms with Gasteiger partial charge in [0.05, 0.1) is 22.1 Å². The first-order chi connectivity index (χ1) is 16.0. The molecule has 2 fully saturated rings. The second kappa shape index (κ2) is 9.89. The van der Waals surface area contributed by atoms with Crippen LogP contribution in [0.25, 0.3) is 0 Å². The molecule has 1 aromatic carbocycles. The molecule has 1 aliphatic carbocycles. The summed E-state index contributed by atoms with van der Waals surface area (Å²) < 4.78 is 1.20. The molecule has 184 valence electrons. The highest BCUT2D eigenvalue weighted by atomic mass is 32.1. The van der Waals surface area contributed by atoms with Gasteiger partial charge in [0, 0.05) is 30.9 Å². The van der Waals surface area contributed by atoms with Crippen molar-refractivity contribution in [1.29, 1.82) is 0 Å². The first kappa shape index (κ1) is 25.0. The molecule has 0 radical (unpaired) electrons. The van der Waals surface area contributed by atoms with E-state index in [2.05, 4.69) is 40.2 Å². The number of nitrogens with one attached hydrogen (secondary N) is 2. The molecular formula is C25H36N4O3SSi. The molecular weight excluding hydrogens is 464 g/mol. The Morgan fingerprint density at radius 3 is 2.56 bits per heavy atom.